The number of imidazole rings is 1. The fourth-order valence-electron chi connectivity index (χ4n) is 3.21. The van der Waals surface area contributed by atoms with Crippen LogP contribution in [0.1, 0.15) is 45.9 Å². The molecular weight excluding hydrogens is 264 g/mol. The first-order valence-corrected chi connectivity index (χ1v) is 8.09. The van der Waals surface area contributed by atoms with Crippen LogP contribution in [0.2, 0.25) is 0 Å². The van der Waals surface area contributed by atoms with Crippen molar-refractivity contribution in [2.45, 2.75) is 58.8 Å². The zero-order valence-corrected chi connectivity index (χ0v) is 13.8. The fraction of sp³-hybridized carbons (Fsp3) is 0.812. The highest BCUT2D eigenvalue weighted by molar-refractivity contribution is 5.07. The number of rotatable bonds is 7. The van der Waals surface area contributed by atoms with Crippen LogP contribution in [-0.4, -0.2) is 46.3 Å². The second kappa shape index (κ2) is 7.38. The molecule has 0 aliphatic carbocycles. The molecule has 1 fully saturated rings. The van der Waals surface area contributed by atoms with Gasteiger partial charge in [-0.2, -0.15) is 0 Å². The summed E-state index contributed by atoms with van der Waals surface area (Å²) in [6.07, 6.45) is 4.87. The van der Waals surface area contributed by atoms with E-state index in [1.54, 1.807) is 0 Å². The molecule has 0 spiro atoms. The van der Waals surface area contributed by atoms with E-state index in [0.29, 0.717) is 18.0 Å². The van der Waals surface area contributed by atoms with Gasteiger partial charge in [-0.1, -0.05) is 0 Å². The Morgan fingerprint density at radius 3 is 2.67 bits per heavy atom. The van der Waals surface area contributed by atoms with E-state index >= 15 is 0 Å². The van der Waals surface area contributed by atoms with Gasteiger partial charge in [0, 0.05) is 43.9 Å². The minimum absolute atomic E-state index is 0.0292. The molecule has 0 radical (unpaired) electrons. The smallest absolute Gasteiger partial charge is 0.0949 e. The van der Waals surface area contributed by atoms with Crippen LogP contribution in [0, 0.1) is 5.92 Å². The molecule has 1 aliphatic heterocycles. The minimum Gasteiger partial charge on any atom is -0.381 e. The zero-order chi connectivity index (χ0) is 15.4. The first-order chi connectivity index (χ1) is 10.0. The number of nitrogens with zero attached hydrogens (tertiary/aromatic N) is 3. The Hall–Kier alpha value is -0.910. The summed E-state index contributed by atoms with van der Waals surface area (Å²) in [6, 6.07) is 1.13. The Bertz CT molecular complexity index is 416. The van der Waals surface area contributed by atoms with Gasteiger partial charge < -0.3 is 15.0 Å². The monoisotopic (exact) mass is 294 g/mol. The predicted molar refractivity (Wildman–Crippen MR) is 85.1 cm³/mol. The van der Waals surface area contributed by atoms with Gasteiger partial charge in [-0.15, -0.1) is 0 Å². The Balaban J connectivity index is 1.99. The van der Waals surface area contributed by atoms with Gasteiger partial charge in [0.05, 0.1) is 24.7 Å². The molecule has 1 aliphatic rings. The Morgan fingerprint density at radius 2 is 2.10 bits per heavy atom. The highest BCUT2D eigenvalue weighted by Crippen LogP contribution is 2.26. The van der Waals surface area contributed by atoms with Crippen molar-refractivity contribution in [1.82, 2.24) is 14.5 Å². The van der Waals surface area contributed by atoms with Gasteiger partial charge in [0.2, 0.25) is 0 Å². The summed E-state index contributed by atoms with van der Waals surface area (Å²) < 4.78 is 7.67. The summed E-state index contributed by atoms with van der Waals surface area (Å²) in [4.78, 5) is 6.80. The molecule has 0 bridgehead atoms. The van der Waals surface area contributed by atoms with Crippen molar-refractivity contribution in [2.75, 3.05) is 19.8 Å². The number of hydrogen-bond acceptors (Lipinski definition) is 4. The molecule has 2 N–H and O–H groups in total. The lowest BCUT2D eigenvalue weighted by molar-refractivity contribution is 0.166. The second-order valence-electron chi connectivity index (χ2n) is 6.59. The minimum atomic E-state index is 0.0292. The zero-order valence-electron chi connectivity index (χ0n) is 13.8. The lowest BCUT2D eigenvalue weighted by Crippen LogP contribution is -2.39. The van der Waals surface area contributed by atoms with E-state index in [-0.39, 0.29) is 6.04 Å². The first-order valence-electron chi connectivity index (χ1n) is 8.09. The normalized spacial score (nSPS) is 20.9. The van der Waals surface area contributed by atoms with Gasteiger partial charge >= 0.3 is 0 Å². The molecule has 2 unspecified atom stereocenters. The van der Waals surface area contributed by atoms with Crippen molar-refractivity contribution in [1.29, 1.82) is 0 Å². The van der Waals surface area contributed by atoms with Gasteiger partial charge in [-0.3, -0.25) is 4.90 Å². The summed E-state index contributed by atoms with van der Waals surface area (Å²) in [7, 11) is 0. The van der Waals surface area contributed by atoms with Crippen LogP contribution in [0.5, 0.6) is 0 Å². The highest BCUT2D eigenvalue weighted by Gasteiger charge is 2.26. The van der Waals surface area contributed by atoms with Crippen LogP contribution < -0.4 is 5.73 Å². The maximum atomic E-state index is 6.42. The number of aromatic nitrogens is 2. The van der Waals surface area contributed by atoms with Gasteiger partial charge in [0.25, 0.3) is 0 Å². The average molecular weight is 294 g/mol. The maximum Gasteiger partial charge on any atom is 0.0949 e. The van der Waals surface area contributed by atoms with Crippen LogP contribution in [0.3, 0.4) is 0 Å². The molecule has 120 valence electrons. The quantitative estimate of drug-likeness (QED) is 0.836. The van der Waals surface area contributed by atoms with Crippen molar-refractivity contribution in [3.63, 3.8) is 0 Å². The maximum absolute atomic E-state index is 6.42. The lowest BCUT2D eigenvalue weighted by Gasteiger charge is -2.31. The van der Waals surface area contributed by atoms with Crippen LogP contribution in [-0.2, 0) is 11.3 Å². The number of nitrogens with two attached hydrogens (primary N) is 1. The van der Waals surface area contributed by atoms with E-state index in [2.05, 4.69) is 42.1 Å². The number of ether oxygens (including phenoxy) is 1. The molecule has 0 aromatic carbocycles. The van der Waals surface area contributed by atoms with Gasteiger partial charge in [0.15, 0.2) is 0 Å². The third-order valence-corrected chi connectivity index (χ3v) is 4.48. The number of hydrogen-bond donors (Lipinski definition) is 1. The summed E-state index contributed by atoms with van der Waals surface area (Å²) in [5.74, 6) is 0.423. The van der Waals surface area contributed by atoms with E-state index in [1.807, 2.05) is 12.5 Å². The van der Waals surface area contributed by atoms with Gasteiger partial charge in [-0.25, -0.2) is 4.98 Å². The summed E-state index contributed by atoms with van der Waals surface area (Å²) in [6.45, 7) is 12.6. The Labute approximate surface area is 128 Å². The van der Waals surface area contributed by atoms with Crippen molar-refractivity contribution < 1.29 is 4.74 Å². The summed E-state index contributed by atoms with van der Waals surface area (Å²) in [5, 5.41) is 0. The highest BCUT2D eigenvalue weighted by atomic mass is 16.5. The molecular formula is C16H30N4O. The molecule has 21 heavy (non-hydrogen) atoms. The first kappa shape index (κ1) is 16.5. The van der Waals surface area contributed by atoms with Crippen molar-refractivity contribution in [3.05, 3.63) is 18.2 Å². The van der Waals surface area contributed by atoms with Crippen LogP contribution in [0.15, 0.2) is 12.5 Å². The van der Waals surface area contributed by atoms with E-state index < -0.39 is 0 Å². The molecule has 1 aromatic rings. The molecule has 5 heteroatoms. The van der Waals surface area contributed by atoms with E-state index in [0.717, 1.165) is 38.4 Å². The van der Waals surface area contributed by atoms with E-state index in [4.69, 9.17) is 10.5 Å². The SMILES string of the molecule is CC(C)N(CCn1cncc1C(N)C1CCOC1)C(C)C. The molecule has 1 aromatic heterocycles. The standard InChI is InChI=1S/C16H30N4O/c1-12(2)20(13(3)4)7-6-19-11-18-9-15(19)16(17)14-5-8-21-10-14/h9,11-14,16H,5-8,10,17H2,1-4H3. The second-order valence-corrected chi connectivity index (χ2v) is 6.59. The molecule has 2 heterocycles. The topological polar surface area (TPSA) is 56.3 Å². The van der Waals surface area contributed by atoms with Crippen LogP contribution in [0.25, 0.3) is 0 Å². The van der Waals surface area contributed by atoms with E-state index in [1.165, 1.54) is 0 Å². The molecule has 0 amide bonds. The third kappa shape index (κ3) is 4.05. The fourth-order valence-corrected chi connectivity index (χ4v) is 3.21. The molecule has 1 saturated heterocycles. The van der Waals surface area contributed by atoms with Gasteiger partial charge in [0.1, 0.15) is 0 Å². The predicted octanol–water partition coefficient (Wildman–Crippen LogP) is 2.04. The Kier molecular flexibility index (Phi) is 5.79. The van der Waals surface area contributed by atoms with E-state index in [9.17, 15) is 0 Å². The molecule has 2 rings (SSSR count). The summed E-state index contributed by atoms with van der Waals surface area (Å²) >= 11 is 0. The van der Waals surface area contributed by atoms with Crippen molar-refractivity contribution in [2.24, 2.45) is 11.7 Å². The molecule has 5 nitrogen and oxygen atoms in total. The summed E-state index contributed by atoms with van der Waals surface area (Å²) in [5.41, 5.74) is 7.55. The van der Waals surface area contributed by atoms with Gasteiger partial charge in [-0.05, 0) is 34.1 Å². The van der Waals surface area contributed by atoms with Crippen molar-refractivity contribution >= 4 is 0 Å². The molecule has 2 atom stereocenters. The van der Waals surface area contributed by atoms with Crippen LogP contribution in [0.4, 0.5) is 0 Å². The largest absolute Gasteiger partial charge is 0.381 e. The van der Waals surface area contributed by atoms with Crippen molar-refractivity contribution in [3.8, 4) is 0 Å². The average Bonchev–Trinajstić information content (AvgIpc) is 3.08. The molecule has 0 saturated carbocycles. The third-order valence-electron chi connectivity index (χ3n) is 4.48. The van der Waals surface area contributed by atoms with Crippen LogP contribution >= 0.6 is 0 Å². The Morgan fingerprint density at radius 1 is 1.38 bits per heavy atom. The lowest BCUT2D eigenvalue weighted by atomic mass is 9.97.